The molecule has 2 heterocycles. The molecule has 1 aromatic rings. The van der Waals surface area contributed by atoms with Crippen LogP contribution in [-0.4, -0.2) is 43.9 Å². The largest absolute Gasteiger partial charge is 0.391 e. The third-order valence-electron chi connectivity index (χ3n) is 4.55. The predicted molar refractivity (Wildman–Crippen MR) is 94.2 cm³/mol. The molecule has 0 aromatic heterocycles. The zero-order chi connectivity index (χ0) is 14.7. The summed E-state index contributed by atoms with van der Waals surface area (Å²) >= 11 is 6.40. The van der Waals surface area contributed by atoms with Crippen molar-refractivity contribution in [1.29, 1.82) is 0 Å². The Bertz CT molecular complexity index is 480. The lowest BCUT2D eigenvalue weighted by Gasteiger charge is -2.23. The first-order valence-electron chi connectivity index (χ1n) is 7.87. The van der Waals surface area contributed by atoms with Crippen LogP contribution in [0.4, 0.5) is 5.69 Å². The first-order valence-corrected chi connectivity index (χ1v) is 8.25. The van der Waals surface area contributed by atoms with Crippen molar-refractivity contribution in [2.75, 3.05) is 37.6 Å². The molecule has 124 valence electrons. The lowest BCUT2D eigenvalue weighted by molar-refractivity contribution is 0.146. The molecule has 0 amide bonds. The van der Waals surface area contributed by atoms with Gasteiger partial charge in [-0.1, -0.05) is 17.7 Å². The molecule has 0 bridgehead atoms. The van der Waals surface area contributed by atoms with Crippen LogP contribution in [0.15, 0.2) is 18.2 Å². The first kappa shape index (κ1) is 17.8. The summed E-state index contributed by atoms with van der Waals surface area (Å²) in [6, 6.07) is 6.16. The molecule has 0 aliphatic carbocycles. The van der Waals surface area contributed by atoms with Crippen molar-refractivity contribution in [3.05, 3.63) is 28.8 Å². The highest BCUT2D eigenvalue weighted by Gasteiger charge is 2.24. The van der Waals surface area contributed by atoms with Gasteiger partial charge in [-0.15, -0.1) is 12.4 Å². The Hall–Kier alpha value is -0.520. The summed E-state index contributed by atoms with van der Waals surface area (Å²) in [6.45, 7) is 5.41. The number of β-amino-alcohol motifs (C(OH)–C–C–N with tert-alkyl or cyclic N) is 1. The summed E-state index contributed by atoms with van der Waals surface area (Å²) in [5.41, 5.74) is 2.44. The van der Waals surface area contributed by atoms with Gasteiger partial charge in [-0.05, 0) is 25.0 Å². The number of hydrogen-bond acceptors (Lipinski definition) is 4. The van der Waals surface area contributed by atoms with E-state index in [0.717, 1.165) is 37.7 Å². The monoisotopic (exact) mass is 345 g/mol. The minimum atomic E-state index is -0.234. The molecule has 2 unspecified atom stereocenters. The average Bonchev–Trinajstić information content (AvgIpc) is 3.13. The maximum absolute atomic E-state index is 9.83. The zero-order valence-electron chi connectivity index (χ0n) is 12.7. The maximum atomic E-state index is 9.83. The van der Waals surface area contributed by atoms with E-state index >= 15 is 0 Å². The Labute approximate surface area is 143 Å². The number of nitrogens with one attached hydrogen (secondary N) is 2. The molecule has 1 aromatic carbocycles. The van der Waals surface area contributed by atoms with Crippen molar-refractivity contribution < 1.29 is 5.11 Å². The smallest absolute Gasteiger partial charge is 0.0716 e. The average molecular weight is 346 g/mol. The number of rotatable bonds is 5. The van der Waals surface area contributed by atoms with Gasteiger partial charge in [0, 0.05) is 61.5 Å². The van der Waals surface area contributed by atoms with Crippen LogP contribution in [0, 0.1) is 5.92 Å². The van der Waals surface area contributed by atoms with Gasteiger partial charge in [-0.2, -0.15) is 0 Å². The Kier molecular flexibility index (Phi) is 6.78. The van der Waals surface area contributed by atoms with E-state index in [1.807, 2.05) is 12.1 Å². The number of aliphatic hydroxyl groups is 1. The predicted octanol–water partition coefficient (Wildman–Crippen LogP) is 2.03. The van der Waals surface area contributed by atoms with Crippen LogP contribution < -0.4 is 15.5 Å². The molecule has 3 rings (SSSR count). The molecule has 2 aliphatic heterocycles. The van der Waals surface area contributed by atoms with Crippen LogP contribution in [-0.2, 0) is 6.54 Å². The third kappa shape index (κ3) is 4.06. The summed E-state index contributed by atoms with van der Waals surface area (Å²) in [7, 11) is 0. The maximum Gasteiger partial charge on any atom is 0.0716 e. The van der Waals surface area contributed by atoms with Crippen LogP contribution in [0.5, 0.6) is 0 Å². The number of nitrogens with zero attached hydrogens (tertiary/aromatic N) is 1. The number of benzene rings is 1. The van der Waals surface area contributed by atoms with Crippen molar-refractivity contribution in [3.63, 3.8) is 0 Å². The van der Waals surface area contributed by atoms with Gasteiger partial charge in [0.1, 0.15) is 0 Å². The van der Waals surface area contributed by atoms with Crippen LogP contribution in [0.1, 0.15) is 18.4 Å². The molecule has 22 heavy (non-hydrogen) atoms. The Balaban J connectivity index is 0.00000176. The van der Waals surface area contributed by atoms with Gasteiger partial charge in [0.05, 0.1) is 6.10 Å². The fourth-order valence-electron chi connectivity index (χ4n) is 3.29. The quantitative estimate of drug-likeness (QED) is 0.764. The third-order valence-corrected chi connectivity index (χ3v) is 4.91. The Morgan fingerprint density at radius 3 is 2.73 bits per heavy atom. The van der Waals surface area contributed by atoms with Crippen LogP contribution in [0.2, 0.25) is 5.02 Å². The summed E-state index contributed by atoms with van der Waals surface area (Å²) in [6.07, 6.45) is 2.29. The van der Waals surface area contributed by atoms with E-state index in [9.17, 15) is 5.11 Å². The van der Waals surface area contributed by atoms with E-state index in [-0.39, 0.29) is 18.5 Å². The highest BCUT2D eigenvalue weighted by atomic mass is 35.5. The molecule has 3 N–H and O–H groups in total. The molecule has 0 saturated carbocycles. The minimum Gasteiger partial charge on any atom is -0.391 e. The van der Waals surface area contributed by atoms with Crippen molar-refractivity contribution in [2.45, 2.75) is 25.5 Å². The van der Waals surface area contributed by atoms with Crippen molar-refractivity contribution in [2.24, 2.45) is 5.92 Å². The van der Waals surface area contributed by atoms with E-state index in [1.54, 1.807) is 0 Å². The molecular formula is C16H25Cl2N3O. The van der Waals surface area contributed by atoms with Gasteiger partial charge in [0.25, 0.3) is 0 Å². The highest BCUT2D eigenvalue weighted by Crippen LogP contribution is 2.30. The van der Waals surface area contributed by atoms with Gasteiger partial charge in [0.15, 0.2) is 0 Å². The molecule has 2 fully saturated rings. The second-order valence-electron chi connectivity index (χ2n) is 6.05. The van der Waals surface area contributed by atoms with Crippen molar-refractivity contribution in [3.8, 4) is 0 Å². The summed E-state index contributed by atoms with van der Waals surface area (Å²) in [4.78, 5) is 2.43. The number of halogens is 2. The van der Waals surface area contributed by atoms with Crippen LogP contribution in [0.25, 0.3) is 0 Å². The summed E-state index contributed by atoms with van der Waals surface area (Å²) in [5.74, 6) is 0.294. The highest BCUT2D eigenvalue weighted by molar-refractivity contribution is 6.31. The molecule has 2 aliphatic rings. The molecule has 0 radical (unpaired) electrons. The zero-order valence-corrected chi connectivity index (χ0v) is 14.3. The van der Waals surface area contributed by atoms with Crippen LogP contribution >= 0.6 is 24.0 Å². The van der Waals surface area contributed by atoms with E-state index in [4.69, 9.17) is 11.6 Å². The topological polar surface area (TPSA) is 47.5 Å². The fraction of sp³-hybridized carbons (Fsp3) is 0.625. The van der Waals surface area contributed by atoms with Gasteiger partial charge in [-0.3, -0.25) is 0 Å². The lowest BCUT2D eigenvalue weighted by atomic mass is 10.1. The van der Waals surface area contributed by atoms with Gasteiger partial charge in [-0.25, -0.2) is 0 Å². The van der Waals surface area contributed by atoms with Crippen molar-refractivity contribution in [1.82, 2.24) is 10.6 Å². The van der Waals surface area contributed by atoms with E-state index in [0.29, 0.717) is 12.5 Å². The minimum absolute atomic E-state index is 0. The van der Waals surface area contributed by atoms with Gasteiger partial charge in [0.2, 0.25) is 0 Å². The summed E-state index contributed by atoms with van der Waals surface area (Å²) < 4.78 is 0. The molecule has 4 nitrogen and oxygen atoms in total. The van der Waals surface area contributed by atoms with E-state index in [1.165, 1.54) is 24.1 Å². The number of hydrogen-bond donors (Lipinski definition) is 3. The normalized spacial score (nSPS) is 24.5. The van der Waals surface area contributed by atoms with Crippen LogP contribution in [0.3, 0.4) is 0 Å². The van der Waals surface area contributed by atoms with Gasteiger partial charge >= 0.3 is 0 Å². The fourth-order valence-corrected chi connectivity index (χ4v) is 3.52. The van der Waals surface area contributed by atoms with E-state index < -0.39 is 0 Å². The molecule has 2 atom stereocenters. The second-order valence-corrected chi connectivity index (χ2v) is 6.46. The Morgan fingerprint density at radius 1 is 1.27 bits per heavy atom. The first-order chi connectivity index (χ1) is 10.3. The SMILES string of the molecule is Cl.OC1CNCC1CNCc1c(Cl)cccc1N1CCCC1. The number of anilines is 1. The molecule has 2 saturated heterocycles. The molecular weight excluding hydrogens is 321 g/mol. The Morgan fingerprint density at radius 2 is 2.05 bits per heavy atom. The summed E-state index contributed by atoms with van der Waals surface area (Å²) in [5, 5.41) is 17.3. The second kappa shape index (κ2) is 8.37. The van der Waals surface area contributed by atoms with Crippen molar-refractivity contribution >= 4 is 29.7 Å². The standard InChI is InChI=1S/C16H24ClN3O.ClH/c17-14-4-3-5-15(20-6-1-2-7-20)13(14)10-18-8-12-9-19-11-16(12)21;/h3-5,12,16,18-19,21H,1-2,6-11H2;1H. The van der Waals surface area contributed by atoms with E-state index in [2.05, 4.69) is 21.6 Å². The number of aliphatic hydroxyl groups excluding tert-OH is 1. The van der Waals surface area contributed by atoms with Gasteiger partial charge < -0.3 is 20.6 Å². The lowest BCUT2D eigenvalue weighted by Crippen LogP contribution is -2.31. The molecule has 6 heteroatoms. The molecule has 0 spiro atoms.